The number of H-pyrrole nitrogens is 1. The van der Waals surface area contributed by atoms with Crippen LogP contribution < -0.4 is 4.74 Å². The van der Waals surface area contributed by atoms with Crippen LogP contribution in [-0.2, 0) is 0 Å². The Morgan fingerprint density at radius 1 is 0.971 bits per heavy atom. The van der Waals surface area contributed by atoms with Crippen molar-refractivity contribution in [3.63, 3.8) is 0 Å². The van der Waals surface area contributed by atoms with Crippen LogP contribution in [0.5, 0.6) is 5.75 Å². The molecule has 3 aromatic carbocycles. The Balaban J connectivity index is 1.65. The molecule has 8 heteroatoms. The van der Waals surface area contributed by atoms with Gasteiger partial charge in [0.2, 0.25) is 0 Å². The van der Waals surface area contributed by atoms with Crippen LogP contribution in [0, 0.1) is 34.4 Å². The molecule has 0 radical (unpaired) electrons. The van der Waals surface area contributed by atoms with Gasteiger partial charge in [-0.2, -0.15) is 10.5 Å². The van der Waals surface area contributed by atoms with Crippen LogP contribution >= 0.6 is 11.6 Å². The highest BCUT2D eigenvalue weighted by atomic mass is 35.5. The van der Waals surface area contributed by atoms with Crippen LogP contribution in [0.25, 0.3) is 44.1 Å². The summed E-state index contributed by atoms with van der Waals surface area (Å²) in [6, 6.07) is 15.5. The van der Waals surface area contributed by atoms with Crippen LogP contribution in [0.3, 0.4) is 0 Å². The van der Waals surface area contributed by atoms with E-state index < -0.39 is 5.82 Å². The molecular formula is C26H15ClFN5O. The van der Waals surface area contributed by atoms with Crippen molar-refractivity contribution >= 4 is 44.3 Å². The van der Waals surface area contributed by atoms with Crippen molar-refractivity contribution in [3.8, 4) is 29.3 Å². The maximum absolute atomic E-state index is 13.9. The van der Waals surface area contributed by atoms with E-state index in [0.29, 0.717) is 28.7 Å². The Labute approximate surface area is 198 Å². The number of benzene rings is 3. The molecule has 1 aliphatic rings. The highest BCUT2D eigenvalue weighted by Gasteiger charge is 2.23. The lowest BCUT2D eigenvalue weighted by Crippen LogP contribution is -1.98. The van der Waals surface area contributed by atoms with Gasteiger partial charge in [-0.05, 0) is 61.2 Å². The zero-order valence-corrected chi connectivity index (χ0v) is 18.4. The molecule has 5 aromatic rings. The van der Waals surface area contributed by atoms with Crippen LogP contribution in [0.4, 0.5) is 4.39 Å². The fraction of sp³-hybridized carbons (Fsp3) is 0.154. The minimum atomic E-state index is -0.660. The first-order chi connectivity index (χ1) is 16.6. The lowest BCUT2D eigenvalue weighted by Gasteiger charge is -2.10. The third kappa shape index (κ3) is 3.30. The van der Waals surface area contributed by atoms with Gasteiger partial charge in [-0.1, -0.05) is 11.6 Å². The van der Waals surface area contributed by atoms with E-state index in [-0.39, 0.29) is 22.5 Å². The van der Waals surface area contributed by atoms with Crippen LogP contribution in [0.1, 0.15) is 24.0 Å². The molecule has 2 heterocycles. The SMILES string of the molecule is N#Cc1cc(F)cc(C#N)c1-c1nc2c3ccc(OCC4CC4)cc3c3[nH]c(Cl)ccc3c2n1. The topological polar surface area (TPSA) is 98.4 Å². The summed E-state index contributed by atoms with van der Waals surface area (Å²) in [7, 11) is 0. The van der Waals surface area contributed by atoms with E-state index in [2.05, 4.69) is 4.98 Å². The van der Waals surface area contributed by atoms with Crippen LogP contribution in [0.15, 0.2) is 42.5 Å². The Morgan fingerprint density at radius 3 is 2.32 bits per heavy atom. The highest BCUT2D eigenvalue weighted by Crippen LogP contribution is 2.38. The van der Waals surface area contributed by atoms with Crippen LogP contribution in [-0.4, -0.2) is 21.6 Å². The highest BCUT2D eigenvalue weighted by molar-refractivity contribution is 6.31. The maximum atomic E-state index is 13.9. The summed E-state index contributed by atoms with van der Waals surface area (Å²) in [6.07, 6.45) is 2.40. The van der Waals surface area contributed by atoms with E-state index in [9.17, 15) is 14.9 Å². The first-order valence-corrected chi connectivity index (χ1v) is 11.1. The smallest absolute Gasteiger partial charge is 0.163 e. The molecule has 0 aliphatic heterocycles. The van der Waals surface area contributed by atoms with Crippen molar-refractivity contribution in [1.29, 1.82) is 10.5 Å². The number of imidazole rings is 1. The summed E-state index contributed by atoms with van der Waals surface area (Å²) in [5.74, 6) is 0.914. The number of hydrogen-bond acceptors (Lipinski definition) is 5. The monoisotopic (exact) mass is 467 g/mol. The third-order valence-electron chi connectivity index (χ3n) is 6.09. The molecule has 0 spiro atoms. The summed E-state index contributed by atoms with van der Waals surface area (Å²) in [5.41, 5.74) is 2.20. The van der Waals surface area contributed by atoms with Gasteiger partial charge in [-0.3, -0.25) is 0 Å². The summed E-state index contributed by atoms with van der Waals surface area (Å²) in [6.45, 7) is 0.689. The molecule has 0 atom stereocenters. The largest absolute Gasteiger partial charge is 0.493 e. The first kappa shape index (κ1) is 20.4. The number of nitrogens with one attached hydrogen (secondary N) is 1. The second-order valence-electron chi connectivity index (χ2n) is 8.40. The number of ether oxygens (including phenoxy) is 1. The van der Waals surface area contributed by atoms with Crippen molar-refractivity contribution in [2.75, 3.05) is 6.61 Å². The van der Waals surface area contributed by atoms with Gasteiger partial charge in [0.15, 0.2) is 5.82 Å². The summed E-state index contributed by atoms with van der Waals surface area (Å²) >= 11 is 6.29. The molecule has 0 saturated heterocycles. The van der Waals surface area contributed by atoms with Gasteiger partial charge < -0.3 is 9.72 Å². The minimum Gasteiger partial charge on any atom is -0.493 e. The number of aromatic amines is 1. The van der Waals surface area contributed by atoms with Crippen molar-refractivity contribution in [1.82, 2.24) is 15.0 Å². The molecule has 34 heavy (non-hydrogen) atoms. The minimum absolute atomic E-state index is 0.00540. The predicted molar refractivity (Wildman–Crippen MR) is 127 cm³/mol. The summed E-state index contributed by atoms with van der Waals surface area (Å²) in [4.78, 5) is 12.6. The van der Waals surface area contributed by atoms with E-state index in [4.69, 9.17) is 26.3 Å². The molecule has 6 nitrogen and oxygen atoms in total. The van der Waals surface area contributed by atoms with Crippen LogP contribution in [0.2, 0.25) is 5.15 Å². The molecule has 1 saturated carbocycles. The molecular weight excluding hydrogens is 453 g/mol. The fourth-order valence-electron chi connectivity index (χ4n) is 4.26. The molecule has 2 aromatic heterocycles. The molecule has 0 bridgehead atoms. The standard InChI is InChI=1S/C26H15ClFN5O/c27-21-6-5-19-23(31-21)20-9-17(34-12-13-1-2-13)3-4-18(20)24-25(19)33-26(32-24)22-14(10-29)7-16(28)8-15(22)11-30/h3-9,13,31H,1-2,12H2. The van der Waals surface area contributed by atoms with Gasteiger partial charge in [0.25, 0.3) is 0 Å². The van der Waals surface area contributed by atoms with E-state index in [0.717, 1.165) is 39.6 Å². The number of nitriles is 2. The van der Waals surface area contributed by atoms with Gasteiger partial charge in [0.1, 0.15) is 34.4 Å². The predicted octanol–water partition coefficient (Wildman–Crippen LogP) is 6.26. The normalized spacial score (nSPS) is 13.3. The maximum Gasteiger partial charge on any atom is 0.163 e. The van der Waals surface area contributed by atoms with E-state index in [1.807, 2.05) is 36.4 Å². The second kappa shape index (κ2) is 7.69. The molecule has 6 rings (SSSR count). The number of fused-ring (bicyclic) bond motifs is 6. The lowest BCUT2D eigenvalue weighted by molar-refractivity contribution is 0.300. The molecule has 164 valence electrons. The van der Waals surface area contributed by atoms with Crippen molar-refractivity contribution in [2.45, 2.75) is 12.8 Å². The number of rotatable bonds is 4. The Hall–Kier alpha value is -4.20. The van der Waals surface area contributed by atoms with E-state index >= 15 is 0 Å². The Kier molecular flexibility index (Phi) is 4.62. The number of hydrogen-bond donors (Lipinski definition) is 1. The number of aromatic nitrogens is 3. The van der Waals surface area contributed by atoms with E-state index in [1.165, 1.54) is 12.8 Å². The molecule has 1 N–H and O–H groups in total. The fourth-order valence-corrected chi connectivity index (χ4v) is 4.41. The zero-order valence-electron chi connectivity index (χ0n) is 17.7. The van der Waals surface area contributed by atoms with Crippen molar-refractivity contribution in [2.24, 2.45) is 5.92 Å². The van der Waals surface area contributed by atoms with Gasteiger partial charge >= 0.3 is 0 Å². The lowest BCUT2D eigenvalue weighted by atomic mass is 10.0. The number of pyridine rings is 1. The van der Waals surface area contributed by atoms with Gasteiger partial charge in [-0.15, -0.1) is 0 Å². The zero-order chi connectivity index (χ0) is 23.4. The average Bonchev–Trinajstić information content (AvgIpc) is 3.58. The number of nitrogens with zero attached hydrogens (tertiary/aromatic N) is 4. The average molecular weight is 468 g/mol. The van der Waals surface area contributed by atoms with Gasteiger partial charge in [-0.25, -0.2) is 14.4 Å². The first-order valence-electron chi connectivity index (χ1n) is 10.7. The summed E-state index contributed by atoms with van der Waals surface area (Å²) < 4.78 is 19.9. The quantitative estimate of drug-likeness (QED) is 0.248. The second-order valence-corrected chi connectivity index (χ2v) is 8.81. The molecule has 0 unspecified atom stereocenters. The van der Waals surface area contributed by atoms with Crippen molar-refractivity contribution < 1.29 is 9.13 Å². The number of halogens is 2. The summed E-state index contributed by atoms with van der Waals surface area (Å²) in [5, 5.41) is 22.1. The van der Waals surface area contributed by atoms with Gasteiger partial charge in [0, 0.05) is 16.2 Å². The van der Waals surface area contributed by atoms with Gasteiger partial charge in [0.05, 0.1) is 34.3 Å². The molecule has 1 aliphatic carbocycles. The molecule has 0 amide bonds. The third-order valence-corrected chi connectivity index (χ3v) is 6.31. The Bertz CT molecular complexity index is 1690. The molecule has 1 fully saturated rings. The van der Waals surface area contributed by atoms with E-state index in [1.54, 1.807) is 6.07 Å². The Morgan fingerprint density at radius 2 is 1.65 bits per heavy atom. The van der Waals surface area contributed by atoms with Crippen molar-refractivity contribution in [3.05, 3.63) is 64.6 Å².